The van der Waals surface area contributed by atoms with Gasteiger partial charge in [0.25, 0.3) is 11.7 Å². The van der Waals surface area contributed by atoms with Crippen LogP contribution in [0.3, 0.4) is 0 Å². The predicted octanol–water partition coefficient (Wildman–Crippen LogP) is 5.49. The third-order valence-electron chi connectivity index (χ3n) is 6.93. The Balaban J connectivity index is 1.68. The molecule has 1 fully saturated rings. The van der Waals surface area contributed by atoms with Gasteiger partial charge in [-0.25, -0.2) is 0 Å². The van der Waals surface area contributed by atoms with Crippen LogP contribution in [-0.4, -0.2) is 43.6 Å². The van der Waals surface area contributed by atoms with Crippen LogP contribution in [0.1, 0.15) is 43.0 Å². The number of rotatable bonds is 7. The highest BCUT2D eigenvalue weighted by molar-refractivity contribution is 6.52. The van der Waals surface area contributed by atoms with Gasteiger partial charge in [0, 0.05) is 31.8 Å². The van der Waals surface area contributed by atoms with Gasteiger partial charge in [-0.2, -0.15) is 0 Å². The third-order valence-corrected chi connectivity index (χ3v) is 6.93. The maximum absolute atomic E-state index is 13.6. The molecule has 3 aromatic carbocycles. The average Bonchev–Trinajstić information content (AvgIpc) is 3.42. The Labute approximate surface area is 222 Å². The lowest BCUT2D eigenvalue weighted by atomic mass is 9.94. The molecule has 1 amide bonds. The van der Waals surface area contributed by atoms with Crippen LogP contribution < -0.4 is 19.3 Å². The van der Waals surface area contributed by atoms with Gasteiger partial charge in [0.1, 0.15) is 23.4 Å². The Morgan fingerprint density at radius 1 is 1.08 bits per heavy atom. The lowest BCUT2D eigenvalue weighted by Crippen LogP contribution is -2.30. The zero-order chi connectivity index (χ0) is 27.0. The Morgan fingerprint density at radius 2 is 1.82 bits per heavy atom. The van der Waals surface area contributed by atoms with Crippen LogP contribution in [0.25, 0.3) is 5.76 Å². The van der Waals surface area contributed by atoms with Crippen molar-refractivity contribution in [3.8, 4) is 11.5 Å². The number of benzene rings is 3. The van der Waals surface area contributed by atoms with E-state index in [1.165, 1.54) is 4.90 Å². The zero-order valence-corrected chi connectivity index (χ0v) is 22.1. The lowest BCUT2D eigenvalue weighted by Gasteiger charge is -2.27. The monoisotopic (exact) mass is 512 g/mol. The van der Waals surface area contributed by atoms with Crippen LogP contribution in [0.5, 0.6) is 11.5 Å². The van der Waals surface area contributed by atoms with Gasteiger partial charge in [0.2, 0.25) is 0 Å². The third kappa shape index (κ3) is 4.49. The molecule has 0 aromatic heterocycles. The number of aliphatic hydroxyl groups is 1. The van der Waals surface area contributed by atoms with E-state index in [-0.39, 0.29) is 17.4 Å². The molecule has 7 nitrogen and oxygen atoms in total. The second-order valence-electron chi connectivity index (χ2n) is 9.93. The van der Waals surface area contributed by atoms with Gasteiger partial charge in [-0.05, 0) is 66.9 Å². The minimum atomic E-state index is -0.832. The Bertz CT molecular complexity index is 1410. The van der Waals surface area contributed by atoms with E-state index in [4.69, 9.17) is 9.47 Å². The molecule has 2 unspecified atom stereocenters. The van der Waals surface area contributed by atoms with Crippen molar-refractivity contribution >= 4 is 28.8 Å². The summed E-state index contributed by atoms with van der Waals surface area (Å²) in [6.07, 6.45) is 1.55. The number of aliphatic hydroxyl groups excluding tert-OH is 1. The fourth-order valence-electron chi connectivity index (χ4n) is 5.07. The summed E-state index contributed by atoms with van der Waals surface area (Å²) in [5, 5.41) is 11.6. The molecule has 7 heteroatoms. The van der Waals surface area contributed by atoms with Crippen LogP contribution in [0.4, 0.5) is 11.4 Å². The number of ketones is 1. The summed E-state index contributed by atoms with van der Waals surface area (Å²) in [4.78, 5) is 30.6. The normalized spacial score (nSPS) is 19.8. The first kappa shape index (κ1) is 25.4. The van der Waals surface area contributed by atoms with E-state index in [0.717, 1.165) is 23.4 Å². The molecule has 0 saturated carbocycles. The van der Waals surface area contributed by atoms with Crippen LogP contribution in [0.2, 0.25) is 0 Å². The molecule has 1 saturated heterocycles. The van der Waals surface area contributed by atoms with E-state index in [0.29, 0.717) is 35.6 Å². The molecule has 0 spiro atoms. The van der Waals surface area contributed by atoms with Gasteiger partial charge in [-0.15, -0.1) is 0 Å². The SMILES string of the molecule is CCCOc1ccccc1N1C(=O)C(=O)/C(=C(\O)c2ccc3c(c2)CC(C)O3)C1c1ccc(N(C)C)cc1. The van der Waals surface area contributed by atoms with Crippen molar-refractivity contribution in [2.75, 3.05) is 30.5 Å². The summed E-state index contributed by atoms with van der Waals surface area (Å²) in [6.45, 7) is 4.46. The molecule has 0 bridgehead atoms. The molecule has 2 aliphatic rings. The van der Waals surface area contributed by atoms with Crippen molar-refractivity contribution < 1.29 is 24.2 Å². The predicted molar refractivity (Wildman–Crippen MR) is 148 cm³/mol. The van der Waals surface area contributed by atoms with E-state index >= 15 is 0 Å². The van der Waals surface area contributed by atoms with Gasteiger partial charge in [-0.1, -0.05) is 31.2 Å². The van der Waals surface area contributed by atoms with E-state index < -0.39 is 17.7 Å². The maximum Gasteiger partial charge on any atom is 0.300 e. The molecule has 2 aliphatic heterocycles. The van der Waals surface area contributed by atoms with Crippen LogP contribution in [0, 0.1) is 0 Å². The number of carbonyl (C=O) groups is 2. The van der Waals surface area contributed by atoms with Gasteiger partial charge < -0.3 is 19.5 Å². The van der Waals surface area contributed by atoms with Crippen molar-refractivity contribution in [1.82, 2.24) is 0 Å². The first-order valence-corrected chi connectivity index (χ1v) is 12.9. The highest BCUT2D eigenvalue weighted by atomic mass is 16.5. The van der Waals surface area contributed by atoms with Crippen LogP contribution in [0.15, 0.2) is 72.3 Å². The fraction of sp³-hybridized carbons (Fsp3) is 0.290. The van der Waals surface area contributed by atoms with E-state index in [9.17, 15) is 14.7 Å². The van der Waals surface area contributed by atoms with E-state index in [2.05, 4.69) is 0 Å². The standard InChI is InChI=1S/C31H32N2O5/c1-5-16-37-26-9-7-6-8-24(26)33-28(20-10-13-23(14-11-20)32(3)4)27(30(35)31(33)36)29(34)21-12-15-25-22(18-21)17-19(2)38-25/h6-15,18-19,28,34H,5,16-17H2,1-4H3/b29-27-. The first-order chi connectivity index (χ1) is 18.3. The molecule has 38 heavy (non-hydrogen) atoms. The number of ether oxygens (including phenoxy) is 2. The number of fused-ring (bicyclic) bond motifs is 1. The quantitative estimate of drug-likeness (QED) is 0.256. The van der Waals surface area contributed by atoms with Gasteiger partial charge in [0.15, 0.2) is 0 Å². The fourth-order valence-corrected chi connectivity index (χ4v) is 5.07. The summed E-state index contributed by atoms with van der Waals surface area (Å²) in [7, 11) is 3.89. The smallest absolute Gasteiger partial charge is 0.300 e. The Hall–Kier alpha value is -4.26. The average molecular weight is 513 g/mol. The molecule has 3 aromatic rings. The molecule has 5 rings (SSSR count). The molecule has 0 radical (unpaired) electrons. The molecule has 0 aliphatic carbocycles. The molecule has 2 atom stereocenters. The van der Waals surface area contributed by atoms with Crippen LogP contribution in [-0.2, 0) is 16.0 Å². The van der Waals surface area contributed by atoms with Crippen molar-refractivity contribution in [3.63, 3.8) is 0 Å². The zero-order valence-electron chi connectivity index (χ0n) is 22.1. The first-order valence-electron chi connectivity index (χ1n) is 12.9. The summed E-state index contributed by atoms with van der Waals surface area (Å²) < 4.78 is 11.8. The largest absolute Gasteiger partial charge is 0.507 e. The van der Waals surface area contributed by atoms with Crippen molar-refractivity contribution in [2.45, 2.75) is 38.8 Å². The summed E-state index contributed by atoms with van der Waals surface area (Å²) in [6, 6.07) is 19.4. The maximum atomic E-state index is 13.6. The number of amides is 1. The number of Topliss-reactive ketones (excluding diaryl/α,β-unsaturated/α-hetero) is 1. The second kappa shape index (κ2) is 10.2. The summed E-state index contributed by atoms with van der Waals surface area (Å²) in [5.74, 6) is -0.373. The summed E-state index contributed by atoms with van der Waals surface area (Å²) in [5.41, 5.74) is 3.65. The van der Waals surface area contributed by atoms with Crippen molar-refractivity contribution in [3.05, 3.63) is 89.0 Å². The second-order valence-corrected chi connectivity index (χ2v) is 9.93. The number of hydrogen-bond donors (Lipinski definition) is 1. The van der Waals surface area contributed by atoms with Gasteiger partial charge >= 0.3 is 0 Å². The van der Waals surface area contributed by atoms with Gasteiger partial charge in [0.05, 0.1) is 23.9 Å². The number of nitrogens with zero attached hydrogens (tertiary/aromatic N) is 2. The number of hydrogen-bond acceptors (Lipinski definition) is 6. The molecule has 2 heterocycles. The Morgan fingerprint density at radius 3 is 2.53 bits per heavy atom. The van der Waals surface area contributed by atoms with Crippen LogP contribution >= 0.6 is 0 Å². The summed E-state index contributed by atoms with van der Waals surface area (Å²) >= 11 is 0. The minimum absolute atomic E-state index is 0.0443. The lowest BCUT2D eigenvalue weighted by molar-refractivity contribution is -0.132. The topological polar surface area (TPSA) is 79.3 Å². The number of carbonyl (C=O) groups excluding carboxylic acids is 2. The number of para-hydroxylation sites is 2. The van der Waals surface area contributed by atoms with Gasteiger partial charge in [-0.3, -0.25) is 14.5 Å². The highest BCUT2D eigenvalue weighted by Crippen LogP contribution is 2.45. The van der Waals surface area contributed by atoms with E-state index in [1.54, 1.807) is 30.3 Å². The molecule has 1 N–H and O–H groups in total. The van der Waals surface area contributed by atoms with E-state index in [1.807, 2.05) is 69.2 Å². The minimum Gasteiger partial charge on any atom is -0.507 e. The molecular weight excluding hydrogens is 480 g/mol. The number of anilines is 2. The highest BCUT2D eigenvalue weighted by Gasteiger charge is 2.47. The molecule has 196 valence electrons. The van der Waals surface area contributed by atoms with Crippen molar-refractivity contribution in [1.29, 1.82) is 0 Å². The Kier molecular flexibility index (Phi) is 6.85. The van der Waals surface area contributed by atoms with Crippen molar-refractivity contribution in [2.24, 2.45) is 0 Å². The molecular formula is C31H32N2O5.